The van der Waals surface area contributed by atoms with Gasteiger partial charge in [-0.05, 0) is 31.5 Å². The van der Waals surface area contributed by atoms with Crippen molar-refractivity contribution in [1.82, 2.24) is 4.57 Å². The molecule has 0 aliphatic heterocycles. The summed E-state index contributed by atoms with van der Waals surface area (Å²) in [5, 5.41) is 1.03. The molecule has 96 valence electrons. The Morgan fingerprint density at radius 3 is 2.63 bits per heavy atom. The molecule has 0 aliphatic carbocycles. The number of nitrogens with zero attached hydrogens (tertiary/aromatic N) is 1. The van der Waals surface area contributed by atoms with Crippen molar-refractivity contribution in [2.24, 2.45) is 7.05 Å². The molecule has 0 saturated carbocycles. The summed E-state index contributed by atoms with van der Waals surface area (Å²) in [4.78, 5) is 14.7. The summed E-state index contributed by atoms with van der Waals surface area (Å²) < 4.78 is 2.01. The Hall–Kier alpha value is -1.87. The zero-order valence-corrected chi connectivity index (χ0v) is 12.0. The summed E-state index contributed by atoms with van der Waals surface area (Å²) in [5.41, 5.74) is 3.07. The van der Waals surface area contributed by atoms with Gasteiger partial charge in [-0.25, -0.2) is 0 Å². The predicted molar refractivity (Wildman–Crippen MR) is 80.1 cm³/mol. The van der Waals surface area contributed by atoms with Crippen LogP contribution in [0.4, 0.5) is 0 Å². The number of aromatic nitrogens is 1. The second-order valence-electron chi connectivity index (χ2n) is 4.85. The Kier molecular flexibility index (Phi) is 2.79. The van der Waals surface area contributed by atoms with Crippen molar-refractivity contribution in [2.75, 3.05) is 0 Å². The molecule has 3 heteroatoms. The van der Waals surface area contributed by atoms with E-state index in [-0.39, 0.29) is 5.78 Å². The summed E-state index contributed by atoms with van der Waals surface area (Å²) in [6, 6.07) is 10.0. The van der Waals surface area contributed by atoms with Gasteiger partial charge in [-0.15, -0.1) is 11.3 Å². The monoisotopic (exact) mass is 269 g/mol. The lowest BCUT2D eigenvalue weighted by atomic mass is 10.1. The molecule has 2 aromatic heterocycles. The van der Waals surface area contributed by atoms with E-state index in [0.29, 0.717) is 0 Å². The van der Waals surface area contributed by atoms with E-state index in [4.69, 9.17) is 0 Å². The Bertz CT molecular complexity index is 760. The first-order valence-electron chi connectivity index (χ1n) is 6.23. The molecule has 0 unspecified atom stereocenters. The van der Waals surface area contributed by atoms with Gasteiger partial charge in [-0.2, -0.15) is 0 Å². The first-order chi connectivity index (χ1) is 9.08. The smallest absolute Gasteiger partial charge is 0.205 e. The van der Waals surface area contributed by atoms with Gasteiger partial charge in [-0.1, -0.05) is 18.2 Å². The van der Waals surface area contributed by atoms with Gasteiger partial charge in [0, 0.05) is 34.6 Å². The topological polar surface area (TPSA) is 22.0 Å². The third-order valence-electron chi connectivity index (χ3n) is 3.53. The van der Waals surface area contributed by atoms with E-state index in [9.17, 15) is 4.79 Å². The van der Waals surface area contributed by atoms with Gasteiger partial charge in [0.15, 0.2) is 0 Å². The number of ketones is 1. The van der Waals surface area contributed by atoms with Gasteiger partial charge >= 0.3 is 0 Å². The van der Waals surface area contributed by atoms with Crippen molar-refractivity contribution in [3.05, 3.63) is 57.4 Å². The minimum Gasteiger partial charge on any atom is -0.350 e. The average Bonchev–Trinajstić information content (AvgIpc) is 2.91. The standard InChI is InChI=1S/C16H15NOS/c1-10-8-15(19-11(10)2)16(18)13-9-17(3)14-7-5-4-6-12(13)14/h4-9H,1-3H3. The van der Waals surface area contributed by atoms with E-state index < -0.39 is 0 Å². The molecule has 19 heavy (non-hydrogen) atoms. The molecular weight excluding hydrogens is 254 g/mol. The second-order valence-corrected chi connectivity index (χ2v) is 6.11. The molecule has 0 saturated heterocycles. The number of fused-ring (bicyclic) bond motifs is 1. The number of carbonyl (C=O) groups is 1. The average molecular weight is 269 g/mol. The summed E-state index contributed by atoms with van der Waals surface area (Å²) >= 11 is 1.58. The van der Waals surface area contributed by atoms with Crippen LogP contribution in [-0.4, -0.2) is 10.4 Å². The van der Waals surface area contributed by atoms with Crippen LogP contribution in [0.3, 0.4) is 0 Å². The molecular formula is C16H15NOS. The van der Waals surface area contributed by atoms with Crippen molar-refractivity contribution < 1.29 is 4.79 Å². The van der Waals surface area contributed by atoms with Crippen molar-refractivity contribution in [2.45, 2.75) is 13.8 Å². The molecule has 3 aromatic rings. The lowest BCUT2D eigenvalue weighted by molar-refractivity contribution is 0.104. The minimum absolute atomic E-state index is 0.123. The highest BCUT2D eigenvalue weighted by Gasteiger charge is 2.17. The predicted octanol–water partition coefficient (Wildman–Crippen LogP) is 4.09. The molecule has 0 spiro atoms. The third kappa shape index (κ3) is 1.90. The first kappa shape index (κ1) is 12.2. The zero-order valence-electron chi connectivity index (χ0n) is 11.2. The summed E-state index contributed by atoms with van der Waals surface area (Å²) in [6.07, 6.45) is 1.93. The number of carbonyl (C=O) groups excluding carboxylic acids is 1. The van der Waals surface area contributed by atoms with Gasteiger partial charge in [0.25, 0.3) is 0 Å². The molecule has 0 aliphatic rings. The van der Waals surface area contributed by atoms with Gasteiger partial charge < -0.3 is 4.57 Å². The quantitative estimate of drug-likeness (QED) is 0.642. The number of para-hydroxylation sites is 1. The van der Waals surface area contributed by atoms with Crippen LogP contribution in [0, 0.1) is 13.8 Å². The maximum Gasteiger partial charge on any atom is 0.205 e. The first-order valence-corrected chi connectivity index (χ1v) is 7.05. The number of rotatable bonds is 2. The van der Waals surface area contributed by atoms with E-state index in [0.717, 1.165) is 21.3 Å². The molecule has 2 nitrogen and oxygen atoms in total. The molecule has 0 radical (unpaired) electrons. The highest BCUT2D eigenvalue weighted by Crippen LogP contribution is 2.27. The van der Waals surface area contributed by atoms with Crippen LogP contribution in [0.25, 0.3) is 10.9 Å². The molecule has 0 amide bonds. The fourth-order valence-electron chi connectivity index (χ4n) is 2.34. The van der Waals surface area contributed by atoms with Crippen LogP contribution >= 0.6 is 11.3 Å². The normalized spacial score (nSPS) is 11.1. The Morgan fingerprint density at radius 1 is 1.21 bits per heavy atom. The molecule has 2 heterocycles. The van der Waals surface area contributed by atoms with Crippen LogP contribution < -0.4 is 0 Å². The lowest BCUT2D eigenvalue weighted by Gasteiger charge is -1.95. The van der Waals surface area contributed by atoms with Crippen molar-refractivity contribution in [3.63, 3.8) is 0 Å². The maximum absolute atomic E-state index is 12.6. The summed E-state index contributed by atoms with van der Waals surface area (Å²) in [5.74, 6) is 0.123. The Labute approximate surface area is 116 Å². The largest absolute Gasteiger partial charge is 0.350 e. The minimum atomic E-state index is 0.123. The molecule has 0 fully saturated rings. The van der Waals surface area contributed by atoms with Crippen LogP contribution in [0.1, 0.15) is 25.7 Å². The van der Waals surface area contributed by atoms with Crippen LogP contribution in [0.2, 0.25) is 0 Å². The Morgan fingerprint density at radius 2 is 1.95 bits per heavy atom. The van der Waals surface area contributed by atoms with Gasteiger partial charge in [0.05, 0.1) is 4.88 Å². The van der Waals surface area contributed by atoms with Gasteiger partial charge in [0.2, 0.25) is 5.78 Å². The fraction of sp³-hybridized carbons (Fsp3) is 0.188. The van der Waals surface area contributed by atoms with Gasteiger partial charge in [0.1, 0.15) is 0 Å². The molecule has 0 N–H and O–H groups in total. The van der Waals surface area contributed by atoms with E-state index in [1.54, 1.807) is 11.3 Å². The van der Waals surface area contributed by atoms with E-state index in [1.807, 2.05) is 55.1 Å². The van der Waals surface area contributed by atoms with E-state index >= 15 is 0 Å². The molecule has 0 bridgehead atoms. The van der Waals surface area contributed by atoms with Crippen LogP contribution in [0.5, 0.6) is 0 Å². The van der Waals surface area contributed by atoms with Crippen LogP contribution in [0.15, 0.2) is 36.5 Å². The van der Waals surface area contributed by atoms with E-state index in [2.05, 4.69) is 6.92 Å². The van der Waals surface area contributed by atoms with Gasteiger partial charge in [-0.3, -0.25) is 4.79 Å². The van der Waals surface area contributed by atoms with E-state index in [1.165, 1.54) is 10.4 Å². The van der Waals surface area contributed by atoms with Crippen molar-refractivity contribution in [1.29, 1.82) is 0 Å². The van der Waals surface area contributed by atoms with Crippen molar-refractivity contribution in [3.8, 4) is 0 Å². The van der Waals surface area contributed by atoms with Crippen molar-refractivity contribution >= 4 is 28.0 Å². The van der Waals surface area contributed by atoms with Crippen LogP contribution in [-0.2, 0) is 7.05 Å². The third-order valence-corrected chi connectivity index (χ3v) is 4.68. The molecule has 0 atom stereocenters. The second kappa shape index (κ2) is 4.35. The highest BCUT2D eigenvalue weighted by molar-refractivity contribution is 7.14. The lowest BCUT2D eigenvalue weighted by Crippen LogP contribution is -1.97. The molecule has 1 aromatic carbocycles. The number of hydrogen-bond donors (Lipinski definition) is 0. The highest BCUT2D eigenvalue weighted by atomic mass is 32.1. The maximum atomic E-state index is 12.6. The SMILES string of the molecule is Cc1cc(C(=O)c2cn(C)c3ccccc23)sc1C. The number of hydrogen-bond acceptors (Lipinski definition) is 2. The molecule has 3 rings (SSSR count). The number of benzene rings is 1. The fourth-order valence-corrected chi connectivity index (χ4v) is 3.33. The summed E-state index contributed by atoms with van der Waals surface area (Å²) in [6.45, 7) is 4.10. The Balaban J connectivity index is 2.17. The summed E-state index contributed by atoms with van der Waals surface area (Å²) in [7, 11) is 1.98. The number of aryl methyl sites for hydroxylation is 3. The zero-order chi connectivity index (χ0) is 13.6. The number of thiophene rings is 1.